The van der Waals surface area contributed by atoms with E-state index in [9.17, 15) is 19.7 Å². The minimum atomic E-state index is -0.459. The number of carbonyl (C=O) groups excluding carboxylic acids is 2. The first kappa shape index (κ1) is 20.9. The summed E-state index contributed by atoms with van der Waals surface area (Å²) in [6.45, 7) is 5.96. The minimum Gasteiger partial charge on any atom is -0.362 e. The summed E-state index contributed by atoms with van der Waals surface area (Å²) in [5.74, 6) is 0.131. The van der Waals surface area contributed by atoms with Gasteiger partial charge in [-0.15, -0.1) is 12.4 Å². The molecule has 0 saturated carbocycles. The van der Waals surface area contributed by atoms with E-state index in [4.69, 9.17) is 0 Å². The Hall–Kier alpha value is -2.39. The molecule has 2 amide bonds. The number of anilines is 1. The van der Waals surface area contributed by atoms with Crippen LogP contribution < -0.4 is 15.5 Å². The lowest BCUT2D eigenvalue weighted by molar-refractivity contribution is -0.384. The highest BCUT2D eigenvalue weighted by molar-refractivity contribution is 5.95. The zero-order valence-electron chi connectivity index (χ0n) is 15.1. The second-order valence-electron chi connectivity index (χ2n) is 6.69. The van der Waals surface area contributed by atoms with Crippen molar-refractivity contribution in [3.05, 3.63) is 33.9 Å². The molecule has 2 N–H and O–H groups in total. The molecule has 2 saturated heterocycles. The number of hydrogen-bond acceptors (Lipinski definition) is 6. The molecule has 3 rings (SSSR count). The third-order valence-corrected chi connectivity index (χ3v) is 4.92. The fraction of sp³-hybridized carbons (Fsp3) is 0.529. The molecular formula is C17H24ClN5O4. The van der Waals surface area contributed by atoms with E-state index in [1.807, 2.05) is 4.90 Å². The number of halogens is 1. The molecule has 0 unspecified atom stereocenters. The lowest BCUT2D eigenvalue weighted by Gasteiger charge is -2.35. The summed E-state index contributed by atoms with van der Waals surface area (Å²) in [6.07, 6.45) is 0. The Morgan fingerprint density at radius 3 is 2.44 bits per heavy atom. The maximum Gasteiger partial charge on any atom is 0.293 e. The number of carbonyl (C=O) groups is 2. The van der Waals surface area contributed by atoms with Gasteiger partial charge in [0.05, 0.1) is 4.92 Å². The van der Waals surface area contributed by atoms with Crippen molar-refractivity contribution >= 4 is 35.6 Å². The molecule has 0 radical (unpaired) electrons. The van der Waals surface area contributed by atoms with Crippen LogP contribution in [0.15, 0.2) is 18.2 Å². The van der Waals surface area contributed by atoms with E-state index in [0.717, 1.165) is 13.1 Å². The van der Waals surface area contributed by atoms with Crippen molar-refractivity contribution in [1.29, 1.82) is 0 Å². The molecule has 2 heterocycles. The Morgan fingerprint density at radius 2 is 1.93 bits per heavy atom. The van der Waals surface area contributed by atoms with Crippen LogP contribution in [0.25, 0.3) is 0 Å². The predicted octanol–water partition coefficient (Wildman–Crippen LogP) is 0.634. The predicted molar refractivity (Wildman–Crippen MR) is 104 cm³/mol. The lowest BCUT2D eigenvalue weighted by atomic mass is 10.0. The van der Waals surface area contributed by atoms with Gasteiger partial charge in [0, 0.05) is 70.3 Å². The molecule has 9 nitrogen and oxygen atoms in total. The highest BCUT2D eigenvalue weighted by Crippen LogP contribution is 2.30. The molecule has 2 aliphatic heterocycles. The van der Waals surface area contributed by atoms with E-state index in [-0.39, 0.29) is 35.5 Å². The molecule has 0 bridgehead atoms. The summed E-state index contributed by atoms with van der Waals surface area (Å²) in [7, 11) is 0. The summed E-state index contributed by atoms with van der Waals surface area (Å²) >= 11 is 0. The number of nitrogens with zero attached hydrogens (tertiary/aromatic N) is 3. The molecule has 1 aromatic rings. The first-order chi connectivity index (χ1) is 12.5. The highest BCUT2D eigenvalue weighted by Gasteiger charge is 2.26. The van der Waals surface area contributed by atoms with Crippen molar-refractivity contribution in [3.63, 3.8) is 0 Å². The van der Waals surface area contributed by atoms with E-state index in [0.29, 0.717) is 44.3 Å². The molecule has 2 aliphatic rings. The van der Waals surface area contributed by atoms with Crippen molar-refractivity contribution < 1.29 is 14.5 Å². The van der Waals surface area contributed by atoms with Gasteiger partial charge in [-0.05, 0) is 12.1 Å². The number of nitrogens with one attached hydrogen (secondary N) is 2. The molecule has 0 aliphatic carbocycles. The Balaban J connectivity index is 0.00000261. The summed E-state index contributed by atoms with van der Waals surface area (Å²) < 4.78 is 0. The van der Waals surface area contributed by atoms with Crippen LogP contribution in [-0.4, -0.2) is 67.5 Å². The number of benzene rings is 1. The fourth-order valence-corrected chi connectivity index (χ4v) is 3.17. The monoisotopic (exact) mass is 397 g/mol. The summed E-state index contributed by atoms with van der Waals surface area (Å²) in [4.78, 5) is 38.3. The number of amides is 2. The van der Waals surface area contributed by atoms with Gasteiger partial charge in [-0.25, -0.2) is 0 Å². The van der Waals surface area contributed by atoms with Crippen LogP contribution in [0.4, 0.5) is 11.4 Å². The van der Waals surface area contributed by atoms with Crippen molar-refractivity contribution in [2.45, 2.75) is 6.92 Å². The van der Waals surface area contributed by atoms with E-state index in [1.165, 1.54) is 13.0 Å². The SMILES string of the molecule is CC(=O)N1CCN(c2ccc(C(=O)NCC3CNC3)cc2[N+](=O)[O-])CC1.Cl. The molecule has 1 aromatic carbocycles. The zero-order valence-corrected chi connectivity index (χ0v) is 16.0. The van der Waals surface area contributed by atoms with Crippen LogP contribution in [0.2, 0.25) is 0 Å². The number of hydrogen-bond donors (Lipinski definition) is 2. The normalized spacial score (nSPS) is 16.9. The number of rotatable bonds is 5. The smallest absolute Gasteiger partial charge is 0.293 e. The van der Waals surface area contributed by atoms with Crippen molar-refractivity contribution in [2.24, 2.45) is 5.92 Å². The molecule has 2 fully saturated rings. The second kappa shape index (κ2) is 9.01. The first-order valence-corrected chi connectivity index (χ1v) is 8.73. The van der Waals surface area contributed by atoms with Crippen molar-refractivity contribution in [1.82, 2.24) is 15.5 Å². The molecule has 148 valence electrons. The highest BCUT2D eigenvalue weighted by atomic mass is 35.5. The zero-order chi connectivity index (χ0) is 18.7. The van der Waals surface area contributed by atoms with Crippen molar-refractivity contribution in [3.8, 4) is 0 Å². The lowest BCUT2D eigenvalue weighted by Crippen LogP contribution is -2.48. The Labute approximate surface area is 163 Å². The maximum atomic E-state index is 12.3. The van der Waals surface area contributed by atoms with Gasteiger partial charge in [-0.3, -0.25) is 19.7 Å². The van der Waals surface area contributed by atoms with Gasteiger partial charge in [0.1, 0.15) is 5.69 Å². The number of nitro benzene ring substituents is 1. The molecule has 0 spiro atoms. The largest absolute Gasteiger partial charge is 0.362 e. The molecule has 10 heteroatoms. The Bertz CT molecular complexity index is 717. The third-order valence-electron chi connectivity index (χ3n) is 4.92. The van der Waals surface area contributed by atoms with Crippen LogP contribution in [-0.2, 0) is 4.79 Å². The van der Waals surface area contributed by atoms with E-state index in [2.05, 4.69) is 10.6 Å². The van der Waals surface area contributed by atoms with Gasteiger partial charge in [0.25, 0.3) is 11.6 Å². The maximum absolute atomic E-state index is 12.3. The Morgan fingerprint density at radius 1 is 1.26 bits per heavy atom. The average Bonchev–Trinajstić information content (AvgIpc) is 2.59. The van der Waals surface area contributed by atoms with Gasteiger partial charge in [-0.1, -0.05) is 0 Å². The van der Waals surface area contributed by atoms with E-state index >= 15 is 0 Å². The molecule has 27 heavy (non-hydrogen) atoms. The molecular weight excluding hydrogens is 374 g/mol. The standard InChI is InChI=1S/C17H23N5O4.ClH/c1-12(23)20-4-6-21(7-5-20)15-3-2-14(8-16(15)22(25)26)17(24)19-11-13-9-18-10-13;/h2-3,8,13,18H,4-7,9-11H2,1H3,(H,19,24);1H. The fourth-order valence-electron chi connectivity index (χ4n) is 3.17. The van der Waals surface area contributed by atoms with E-state index < -0.39 is 4.92 Å². The van der Waals surface area contributed by atoms with Crippen LogP contribution in [0, 0.1) is 16.0 Å². The van der Waals surface area contributed by atoms with Crippen molar-refractivity contribution in [2.75, 3.05) is 50.7 Å². The van der Waals surface area contributed by atoms with Gasteiger partial charge in [-0.2, -0.15) is 0 Å². The van der Waals surface area contributed by atoms with Crippen LogP contribution in [0.1, 0.15) is 17.3 Å². The van der Waals surface area contributed by atoms with Crippen LogP contribution in [0.5, 0.6) is 0 Å². The van der Waals surface area contributed by atoms with E-state index in [1.54, 1.807) is 17.0 Å². The second-order valence-corrected chi connectivity index (χ2v) is 6.69. The molecule has 0 aromatic heterocycles. The number of nitro groups is 1. The van der Waals surface area contributed by atoms with Gasteiger partial charge in [0.15, 0.2) is 0 Å². The van der Waals surface area contributed by atoms with Gasteiger partial charge < -0.3 is 20.4 Å². The van der Waals surface area contributed by atoms with Crippen LogP contribution in [0.3, 0.4) is 0 Å². The van der Waals surface area contributed by atoms with Crippen LogP contribution >= 0.6 is 12.4 Å². The third kappa shape index (κ3) is 4.86. The summed E-state index contributed by atoms with van der Waals surface area (Å²) in [6, 6.07) is 4.58. The van der Waals surface area contributed by atoms with Gasteiger partial charge >= 0.3 is 0 Å². The summed E-state index contributed by atoms with van der Waals surface area (Å²) in [5, 5.41) is 17.5. The van der Waals surface area contributed by atoms with Gasteiger partial charge in [0.2, 0.25) is 5.91 Å². The topological polar surface area (TPSA) is 108 Å². The molecule has 0 atom stereocenters. The minimum absolute atomic E-state index is 0. The first-order valence-electron chi connectivity index (χ1n) is 8.73. The summed E-state index contributed by atoms with van der Waals surface area (Å²) in [5.41, 5.74) is 0.687. The number of piperazine rings is 1. The quantitative estimate of drug-likeness (QED) is 0.557. The average molecular weight is 398 g/mol. The Kier molecular flexibility index (Phi) is 6.98.